The molecule has 1 aliphatic rings. The molecule has 1 amide bonds. The topological polar surface area (TPSA) is 112 Å². The summed E-state index contributed by atoms with van der Waals surface area (Å²) in [5, 5.41) is 6.33. The van der Waals surface area contributed by atoms with E-state index in [-0.39, 0.29) is 11.5 Å². The zero-order chi connectivity index (χ0) is 30.5. The maximum absolute atomic E-state index is 14.5. The summed E-state index contributed by atoms with van der Waals surface area (Å²) in [6.07, 6.45) is 7.17. The van der Waals surface area contributed by atoms with E-state index in [1.54, 1.807) is 25.4 Å². The maximum Gasteiger partial charge on any atom is 0.254 e. The highest BCUT2D eigenvalue weighted by Gasteiger charge is 2.25. The molecule has 1 aliphatic heterocycles. The van der Waals surface area contributed by atoms with Gasteiger partial charge in [0, 0.05) is 81.6 Å². The predicted molar refractivity (Wildman–Crippen MR) is 163 cm³/mol. The van der Waals surface area contributed by atoms with Crippen LogP contribution in [0.3, 0.4) is 0 Å². The molecule has 0 saturated carbocycles. The number of carbonyl (C=O) groups is 1. The van der Waals surface area contributed by atoms with Gasteiger partial charge in [0.15, 0.2) is 5.82 Å². The van der Waals surface area contributed by atoms with Crippen LogP contribution in [-0.4, -0.2) is 88.2 Å². The van der Waals surface area contributed by atoms with Gasteiger partial charge in [-0.1, -0.05) is 25.1 Å². The Kier molecular flexibility index (Phi) is 9.34. The molecular formula is C31H37F2N9O. The number of rotatable bonds is 10. The number of halogens is 2. The van der Waals surface area contributed by atoms with Gasteiger partial charge in [-0.25, -0.2) is 28.7 Å². The summed E-state index contributed by atoms with van der Waals surface area (Å²) in [7, 11) is 3.48. The van der Waals surface area contributed by atoms with Gasteiger partial charge in [0.25, 0.3) is 5.91 Å². The van der Waals surface area contributed by atoms with Crippen LogP contribution in [0.4, 0.5) is 20.5 Å². The number of carbonyl (C=O) groups excluding carboxylic acids is 1. The van der Waals surface area contributed by atoms with E-state index in [1.165, 1.54) is 13.4 Å². The first-order valence-corrected chi connectivity index (χ1v) is 14.5. The molecule has 1 aromatic carbocycles. The molecule has 0 radical (unpaired) electrons. The van der Waals surface area contributed by atoms with E-state index < -0.39 is 17.9 Å². The smallest absolute Gasteiger partial charge is 0.254 e. The zero-order valence-electron chi connectivity index (χ0n) is 24.9. The second-order valence-electron chi connectivity index (χ2n) is 11.1. The third-order valence-electron chi connectivity index (χ3n) is 7.99. The van der Waals surface area contributed by atoms with Crippen molar-refractivity contribution in [3.63, 3.8) is 0 Å². The van der Waals surface area contributed by atoms with Gasteiger partial charge in [-0.15, -0.1) is 0 Å². The molecule has 4 aromatic rings. The minimum atomic E-state index is -0.815. The summed E-state index contributed by atoms with van der Waals surface area (Å²) < 4.78 is 27.8. The summed E-state index contributed by atoms with van der Waals surface area (Å²) in [5.41, 5.74) is 2.92. The fourth-order valence-corrected chi connectivity index (χ4v) is 5.60. The SMILES string of the molecule is CNC(=O)c1c(F)cnc2c([C@H](C)CNc3cc(-c4cnc(N(C)C5CCN(CC(C)F)CC5)nc4)ncn3)cccc12. The molecular weight excluding hydrogens is 552 g/mol. The number of alkyl halides is 1. The fraction of sp³-hybridized carbons (Fsp3) is 0.419. The lowest BCUT2D eigenvalue weighted by Crippen LogP contribution is -2.45. The number of amides is 1. The number of likely N-dealkylation sites (tertiary alicyclic amines) is 1. The van der Waals surface area contributed by atoms with Crippen molar-refractivity contribution in [2.75, 3.05) is 50.5 Å². The summed E-state index contributed by atoms with van der Waals surface area (Å²) in [6, 6.07) is 7.60. The predicted octanol–water partition coefficient (Wildman–Crippen LogP) is 4.45. The Morgan fingerprint density at radius 3 is 2.53 bits per heavy atom. The first-order valence-electron chi connectivity index (χ1n) is 14.5. The lowest BCUT2D eigenvalue weighted by molar-refractivity contribution is 0.0960. The Labute approximate surface area is 250 Å². The third kappa shape index (κ3) is 6.85. The Morgan fingerprint density at radius 2 is 1.84 bits per heavy atom. The van der Waals surface area contributed by atoms with Crippen molar-refractivity contribution in [2.45, 2.75) is 44.8 Å². The van der Waals surface area contributed by atoms with Crippen molar-refractivity contribution < 1.29 is 13.6 Å². The number of aromatic nitrogens is 5. The van der Waals surface area contributed by atoms with Gasteiger partial charge in [-0.05, 0) is 25.3 Å². The molecule has 3 aromatic heterocycles. The van der Waals surface area contributed by atoms with Gasteiger partial charge in [-0.3, -0.25) is 9.78 Å². The first-order chi connectivity index (χ1) is 20.7. The van der Waals surface area contributed by atoms with E-state index in [0.717, 1.165) is 43.3 Å². The summed E-state index contributed by atoms with van der Waals surface area (Å²) in [6.45, 7) is 6.37. The van der Waals surface area contributed by atoms with Crippen molar-refractivity contribution >= 4 is 28.6 Å². The second kappa shape index (κ2) is 13.3. The Morgan fingerprint density at radius 1 is 1.09 bits per heavy atom. The van der Waals surface area contributed by atoms with Crippen molar-refractivity contribution in [3.05, 3.63) is 66.1 Å². The molecule has 43 heavy (non-hydrogen) atoms. The lowest BCUT2D eigenvalue weighted by atomic mass is 9.96. The van der Waals surface area contributed by atoms with Crippen molar-refractivity contribution in [3.8, 4) is 11.3 Å². The Hall–Kier alpha value is -4.32. The maximum atomic E-state index is 14.5. The van der Waals surface area contributed by atoms with Crippen LogP contribution in [0.1, 0.15) is 48.5 Å². The van der Waals surface area contributed by atoms with Crippen LogP contribution in [0.15, 0.2) is 49.2 Å². The zero-order valence-corrected chi connectivity index (χ0v) is 24.9. The van der Waals surface area contributed by atoms with Gasteiger partial charge in [0.2, 0.25) is 5.95 Å². The third-order valence-corrected chi connectivity index (χ3v) is 7.99. The molecule has 10 nitrogen and oxygen atoms in total. The Balaban J connectivity index is 1.24. The average Bonchev–Trinajstić information content (AvgIpc) is 3.03. The minimum absolute atomic E-state index is 0.0111. The number of fused-ring (bicyclic) bond motifs is 1. The molecule has 1 unspecified atom stereocenters. The van der Waals surface area contributed by atoms with Crippen LogP contribution >= 0.6 is 0 Å². The highest BCUT2D eigenvalue weighted by Crippen LogP contribution is 2.28. The van der Waals surface area contributed by atoms with Crippen molar-refractivity contribution in [1.29, 1.82) is 0 Å². The molecule has 12 heteroatoms. The number of benzene rings is 1. The monoisotopic (exact) mass is 589 g/mol. The van der Waals surface area contributed by atoms with E-state index in [9.17, 15) is 13.6 Å². The van der Waals surface area contributed by atoms with E-state index in [1.807, 2.05) is 32.2 Å². The minimum Gasteiger partial charge on any atom is -0.369 e. The van der Waals surface area contributed by atoms with E-state index in [4.69, 9.17) is 0 Å². The summed E-state index contributed by atoms with van der Waals surface area (Å²) in [4.78, 5) is 38.9. The lowest BCUT2D eigenvalue weighted by Gasteiger charge is -2.36. The van der Waals surface area contributed by atoms with Crippen molar-refractivity contribution in [2.24, 2.45) is 0 Å². The van der Waals surface area contributed by atoms with Crippen LogP contribution in [-0.2, 0) is 0 Å². The van der Waals surface area contributed by atoms with Gasteiger partial charge in [-0.2, -0.15) is 0 Å². The fourth-order valence-electron chi connectivity index (χ4n) is 5.60. The molecule has 5 rings (SSSR count). The largest absolute Gasteiger partial charge is 0.369 e. The normalized spacial score (nSPS) is 15.7. The molecule has 226 valence electrons. The standard InChI is InChI=1S/C31H37F2N9O/c1-19(23-6-5-7-24-28(30(43)34-3)25(33)16-36-29(23)24)13-35-27-12-26(39-18-40-27)21-14-37-31(38-15-21)41(4)22-8-10-42(11-9-22)17-20(2)32/h5-7,12,14-16,18-20,22H,8-11,13,17H2,1-4H3,(H,34,43)(H,35,39,40)/t19-,20?/m1/s1. The number of hydrogen-bond acceptors (Lipinski definition) is 9. The summed E-state index contributed by atoms with van der Waals surface area (Å²) >= 11 is 0. The number of hydrogen-bond donors (Lipinski definition) is 2. The van der Waals surface area contributed by atoms with Crippen LogP contribution in [0.2, 0.25) is 0 Å². The van der Waals surface area contributed by atoms with Crippen LogP contribution in [0.5, 0.6) is 0 Å². The quantitative estimate of drug-likeness (QED) is 0.277. The summed E-state index contributed by atoms with van der Waals surface area (Å²) in [5.74, 6) is 0.110. The number of para-hydroxylation sites is 1. The number of nitrogens with one attached hydrogen (secondary N) is 2. The number of pyridine rings is 1. The molecule has 0 aliphatic carbocycles. The number of nitrogens with zero attached hydrogens (tertiary/aromatic N) is 7. The molecule has 2 atom stereocenters. The van der Waals surface area contributed by atoms with Gasteiger partial charge in [0.05, 0.1) is 23.0 Å². The van der Waals surface area contributed by atoms with E-state index >= 15 is 0 Å². The van der Waals surface area contributed by atoms with Crippen LogP contribution < -0.4 is 15.5 Å². The Bertz CT molecular complexity index is 1560. The van der Waals surface area contributed by atoms with Crippen LogP contribution in [0, 0.1) is 5.82 Å². The van der Waals surface area contributed by atoms with Gasteiger partial charge >= 0.3 is 0 Å². The first kappa shape index (κ1) is 30.1. The molecule has 0 bridgehead atoms. The highest BCUT2D eigenvalue weighted by molar-refractivity contribution is 6.06. The van der Waals surface area contributed by atoms with Gasteiger partial charge < -0.3 is 20.4 Å². The van der Waals surface area contributed by atoms with E-state index in [0.29, 0.717) is 47.5 Å². The van der Waals surface area contributed by atoms with Gasteiger partial charge in [0.1, 0.15) is 18.3 Å². The number of piperidine rings is 1. The molecule has 0 spiro atoms. The molecule has 1 fully saturated rings. The highest BCUT2D eigenvalue weighted by atomic mass is 19.1. The van der Waals surface area contributed by atoms with Crippen molar-refractivity contribution in [1.82, 2.24) is 35.1 Å². The molecule has 4 heterocycles. The molecule has 1 saturated heterocycles. The van der Waals surface area contributed by atoms with E-state index in [2.05, 4.69) is 45.4 Å². The number of anilines is 2. The van der Waals surface area contributed by atoms with Crippen LogP contribution in [0.25, 0.3) is 22.2 Å². The average molecular weight is 590 g/mol. The second-order valence-corrected chi connectivity index (χ2v) is 11.1. The molecule has 2 N–H and O–H groups in total.